The van der Waals surface area contributed by atoms with Crippen molar-refractivity contribution in [2.75, 3.05) is 5.75 Å². The highest BCUT2D eigenvalue weighted by Gasteiger charge is 2.63. The van der Waals surface area contributed by atoms with Crippen LogP contribution in [0.3, 0.4) is 0 Å². The summed E-state index contributed by atoms with van der Waals surface area (Å²) >= 11 is 2.23. The van der Waals surface area contributed by atoms with Gasteiger partial charge in [0.15, 0.2) is 0 Å². The summed E-state index contributed by atoms with van der Waals surface area (Å²) in [5, 5.41) is 10.1. The van der Waals surface area contributed by atoms with Crippen LogP contribution in [0.25, 0.3) is 0 Å². The Kier molecular flexibility index (Phi) is 3.43. The first-order valence-corrected chi connectivity index (χ1v) is 11.4. The maximum atomic E-state index is 10.1. The zero-order valence-electron chi connectivity index (χ0n) is 15.7. The lowest BCUT2D eigenvalue weighted by molar-refractivity contribution is -0.0518. The summed E-state index contributed by atoms with van der Waals surface area (Å²) in [7, 11) is 0. The fourth-order valence-corrected chi connectivity index (χ4v) is 8.98. The van der Waals surface area contributed by atoms with Crippen LogP contribution in [-0.4, -0.2) is 21.7 Å². The molecule has 4 aliphatic carbocycles. The number of hydrogen-bond donors (Lipinski definition) is 1. The minimum Gasteiger partial charge on any atom is -0.393 e. The smallest absolute Gasteiger partial charge is 0.0577 e. The van der Waals surface area contributed by atoms with E-state index < -0.39 is 0 Å². The molecule has 1 N–H and O–H groups in total. The molecule has 1 aliphatic heterocycles. The summed E-state index contributed by atoms with van der Waals surface area (Å²) in [5.41, 5.74) is 2.63. The molecule has 134 valence electrons. The highest BCUT2D eigenvalue weighted by Crippen LogP contribution is 2.71. The first-order chi connectivity index (χ1) is 11.4. The molecule has 1 saturated heterocycles. The van der Waals surface area contributed by atoms with Gasteiger partial charge in [-0.25, -0.2) is 0 Å². The zero-order chi connectivity index (χ0) is 16.7. The molecule has 0 aromatic carbocycles. The first-order valence-electron chi connectivity index (χ1n) is 10.4. The minimum atomic E-state index is -0.0718. The van der Waals surface area contributed by atoms with Gasteiger partial charge in [0.25, 0.3) is 0 Å². The Hall–Kier alpha value is 0.0500. The Balaban J connectivity index is 1.47. The molecule has 1 heterocycles. The monoisotopic (exact) mass is 346 g/mol. The third kappa shape index (κ3) is 2.05. The molecule has 0 aromatic rings. The van der Waals surface area contributed by atoms with Gasteiger partial charge in [0.05, 0.1) is 6.10 Å². The van der Waals surface area contributed by atoms with E-state index in [-0.39, 0.29) is 6.10 Å². The van der Waals surface area contributed by atoms with Crippen LogP contribution in [-0.2, 0) is 0 Å². The average molecular weight is 347 g/mol. The topological polar surface area (TPSA) is 20.2 Å². The molecule has 0 spiro atoms. The number of aliphatic hydroxyl groups is 1. The van der Waals surface area contributed by atoms with Crippen LogP contribution >= 0.6 is 11.8 Å². The van der Waals surface area contributed by atoms with Gasteiger partial charge in [0.2, 0.25) is 0 Å². The molecule has 0 bridgehead atoms. The highest BCUT2D eigenvalue weighted by atomic mass is 32.2. The summed E-state index contributed by atoms with van der Waals surface area (Å²) in [6.45, 7) is 7.77. The quantitative estimate of drug-likeness (QED) is 0.504. The van der Waals surface area contributed by atoms with Crippen molar-refractivity contribution in [1.29, 1.82) is 0 Å². The number of allylic oxidation sites excluding steroid dienone is 1. The Morgan fingerprint density at radius 2 is 1.83 bits per heavy atom. The number of rotatable bonds is 1. The molecule has 8 atom stereocenters. The van der Waals surface area contributed by atoms with E-state index in [4.69, 9.17) is 0 Å². The van der Waals surface area contributed by atoms with E-state index in [1.165, 1.54) is 44.3 Å². The van der Waals surface area contributed by atoms with E-state index in [1.807, 2.05) is 0 Å². The van der Waals surface area contributed by atoms with E-state index in [9.17, 15) is 5.11 Å². The SMILES string of the molecule is C[C@]12CC[C@@H]3[C@@H](CC=C4C[C@@H](O)CC[C@@]43C)[C@H]1CC[C@H]2[C@@]1(C)CS1. The Bertz CT molecular complexity index is 579. The number of fused-ring (bicyclic) bond motifs is 5. The van der Waals surface area contributed by atoms with Crippen LogP contribution in [0.1, 0.15) is 72.1 Å². The lowest BCUT2D eigenvalue weighted by Gasteiger charge is -2.58. The average Bonchev–Trinajstić information content (AvgIpc) is 3.17. The van der Waals surface area contributed by atoms with Crippen molar-refractivity contribution in [3.63, 3.8) is 0 Å². The van der Waals surface area contributed by atoms with E-state index in [1.54, 1.807) is 5.57 Å². The van der Waals surface area contributed by atoms with Crippen LogP contribution in [0.2, 0.25) is 0 Å². The van der Waals surface area contributed by atoms with Crippen molar-refractivity contribution in [1.82, 2.24) is 0 Å². The molecule has 2 heteroatoms. The van der Waals surface area contributed by atoms with Gasteiger partial charge in [-0.05, 0) is 92.8 Å². The largest absolute Gasteiger partial charge is 0.393 e. The number of thioether (sulfide) groups is 1. The second kappa shape index (κ2) is 5.06. The van der Waals surface area contributed by atoms with Crippen molar-refractivity contribution >= 4 is 11.8 Å². The maximum Gasteiger partial charge on any atom is 0.0577 e. The van der Waals surface area contributed by atoms with Crippen molar-refractivity contribution in [2.24, 2.45) is 34.5 Å². The van der Waals surface area contributed by atoms with Gasteiger partial charge >= 0.3 is 0 Å². The molecule has 3 saturated carbocycles. The lowest BCUT2D eigenvalue weighted by atomic mass is 9.47. The molecule has 1 nitrogen and oxygen atoms in total. The summed E-state index contributed by atoms with van der Waals surface area (Å²) in [4.78, 5) is 0. The van der Waals surface area contributed by atoms with E-state index >= 15 is 0 Å². The molecule has 0 unspecified atom stereocenters. The summed E-state index contributed by atoms with van der Waals surface area (Å²) in [6.07, 6.45) is 12.9. The fraction of sp³-hybridized carbons (Fsp3) is 0.909. The van der Waals surface area contributed by atoms with Crippen LogP contribution in [0, 0.1) is 34.5 Å². The Labute approximate surface area is 152 Å². The second-order valence-corrected chi connectivity index (χ2v) is 11.9. The third-order valence-electron chi connectivity index (χ3n) is 9.41. The molecule has 5 rings (SSSR count). The standard InChI is InChI=1S/C22H34OS/c1-20-10-8-15(23)12-14(20)4-5-16-17-6-7-19(22(3)13-24-22)21(17,2)11-9-18(16)20/h4,15-19,23H,5-13H2,1-3H3/t15-,16-,17+,18+,19+,20-,21-,22+/m0/s1. The van der Waals surface area contributed by atoms with Crippen molar-refractivity contribution in [2.45, 2.75) is 83.0 Å². The maximum absolute atomic E-state index is 10.1. The Morgan fingerprint density at radius 1 is 1.04 bits per heavy atom. The molecule has 0 aromatic heterocycles. The highest BCUT2D eigenvalue weighted by molar-refractivity contribution is 8.07. The van der Waals surface area contributed by atoms with E-state index in [2.05, 4.69) is 38.6 Å². The second-order valence-electron chi connectivity index (χ2n) is 10.4. The van der Waals surface area contributed by atoms with Crippen molar-refractivity contribution in [3.05, 3.63) is 11.6 Å². The molecular weight excluding hydrogens is 312 g/mol. The molecule has 0 radical (unpaired) electrons. The van der Waals surface area contributed by atoms with Gasteiger partial charge in [-0.1, -0.05) is 25.5 Å². The molecule has 5 aliphatic rings. The first kappa shape index (κ1) is 16.2. The molecule has 4 fully saturated rings. The van der Waals surface area contributed by atoms with Gasteiger partial charge in [-0.3, -0.25) is 0 Å². The van der Waals surface area contributed by atoms with Crippen LogP contribution < -0.4 is 0 Å². The Morgan fingerprint density at radius 3 is 2.58 bits per heavy atom. The van der Waals surface area contributed by atoms with Gasteiger partial charge in [-0.15, -0.1) is 0 Å². The van der Waals surface area contributed by atoms with E-state index in [0.717, 1.165) is 36.5 Å². The van der Waals surface area contributed by atoms with Crippen LogP contribution in [0.4, 0.5) is 0 Å². The molecular formula is C22H34OS. The molecule has 24 heavy (non-hydrogen) atoms. The summed E-state index contributed by atoms with van der Waals surface area (Å²) < 4.78 is 0.616. The lowest BCUT2D eigenvalue weighted by Crippen LogP contribution is -2.51. The van der Waals surface area contributed by atoms with Gasteiger partial charge in [0.1, 0.15) is 0 Å². The number of aliphatic hydroxyl groups excluding tert-OH is 1. The van der Waals surface area contributed by atoms with Gasteiger partial charge in [0, 0.05) is 10.5 Å². The number of hydrogen-bond acceptors (Lipinski definition) is 2. The predicted molar refractivity (Wildman–Crippen MR) is 102 cm³/mol. The zero-order valence-corrected chi connectivity index (χ0v) is 16.5. The summed E-state index contributed by atoms with van der Waals surface area (Å²) in [5.74, 6) is 5.15. The third-order valence-corrected chi connectivity index (χ3v) is 10.9. The van der Waals surface area contributed by atoms with Crippen molar-refractivity contribution in [3.8, 4) is 0 Å². The predicted octanol–water partition coefficient (Wildman–Crippen LogP) is 5.43. The van der Waals surface area contributed by atoms with Gasteiger partial charge < -0.3 is 5.11 Å². The van der Waals surface area contributed by atoms with Crippen LogP contribution in [0.5, 0.6) is 0 Å². The normalized spacial score (nSPS) is 59.2. The minimum absolute atomic E-state index is 0.0718. The van der Waals surface area contributed by atoms with Crippen LogP contribution in [0.15, 0.2) is 11.6 Å². The fourth-order valence-electron chi connectivity index (χ4n) is 7.96. The van der Waals surface area contributed by atoms with E-state index in [0.29, 0.717) is 15.6 Å². The molecule has 0 amide bonds. The van der Waals surface area contributed by atoms with Gasteiger partial charge in [-0.2, -0.15) is 11.8 Å². The van der Waals surface area contributed by atoms with Crippen molar-refractivity contribution < 1.29 is 5.11 Å². The summed E-state index contributed by atoms with van der Waals surface area (Å²) in [6, 6.07) is 0.